The minimum Gasteiger partial charge on any atom is -0.455 e. The van der Waals surface area contributed by atoms with Gasteiger partial charge in [-0.3, -0.25) is 24.5 Å². The highest BCUT2D eigenvalue weighted by Gasteiger charge is 2.36. The zero-order chi connectivity index (χ0) is 21.8. The molecule has 0 unspecified atom stereocenters. The van der Waals surface area contributed by atoms with E-state index in [0.717, 1.165) is 0 Å². The van der Waals surface area contributed by atoms with Crippen LogP contribution in [-0.4, -0.2) is 35.9 Å². The molecule has 2 amide bonds. The fourth-order valence-electron chi connectivity index (χ4n) is 3.05. The van der Waals surface area contributed by atoms with Crippen LogP contribution in [0, 0.1) is 23.0 Å². The number of esters is 1. The smallest absolute Gasteiger partial charge is 0.311 e. The van der Waals surface area contributed by atoms with E-state index in [1.807, 2.05) is 0 Å². The summed E-state index contributed by atoms with van der Waals surface area (Å²) in [6.07, 6.45) is -0.0646. The molecule has 0 bridgehead atoms. The van der Waals surface area contributed by atoms with E-state index in [2.05, 4.69) is 5.32 Å². The van der Waals surface area contributed by atoms with Gasteiger partial charge in [-0.05, 0) is 36.8 Å². The lowest BCUT2D eigenvalue weighted by atomic mass is 10.1. The maximum atomic E-state index is 12.3. The molecule has 2 aromatic carbocycles. The molecule has 1 aliphatic heterocycles. The molecule has 156 valence electrons. The van der Waals surface area contributed by atoms with Crippen molar-refractivity contribution in [1.82, 2.24) is 0 Å². The first-order valence-electron chi connectivity index (χ1n) is 9.02. The van der Waals surface area contributed by atoms with E-state index >= 15 is 0 Å². The van der Waals surface area contributed by atoms with Crippen molar-refractivity contribution in [3.05, 3.63) is 63.2 Å². The molecule has 2 aromatic rings. The quantitative estimate of drug-likeness (QED) is 0.426. The molecule has 1 saturated heterocycles. The molecule has 0 radical (unpaired) electrons. The van der Waals surface area contributed by atoms with Gasteiger partial charge in [0.2, 0.25) is 5.91 Å². The SMILES string of the molecule is Cc1c(Cl)cccc1NC(=O)COC(=O)[C@@H]1CC(=O)N(c2ccc([N+](=O)[O-])cc2)C1. The van der Waals surface area contributed by atoms with Crippen molar-refractivity contribution in [2.75, 3.05) is 23.4 Å². The number of hydrogen-bond acceptors (Lipinski definition) is 6. The Hall–Kier alpha value is -3.46. The lowest BCUT2D eigenvalue weighted by Crippen LogP contribution is -2.28. The number of non-ortho nitro benzene ring substituents is 1. The van der Waals surface area contributed by atoms with Crippen molar-refractivity contribution in [2.24, 2.45) is 5.92 Å². The van der Waals surface area contributed by atoms with Gasteiger partial charge < -0.3 is 15.0 Å². The van der Waals surface area contributed by atoms with Crippen LogP contribution in [0.3, 0.4) is 0 Å². The number of benzene rings is 2. The molecule has 1 atom stereocenters. The molecule has 3 rings (SSSR count). The number of nitrogens with one attached hydrogen (secondary N) is 1. The number of rotatable bonds is 6. The number of ether oxygens (including phenoxy) is 1. The first-order chi connectivity index (χ1) is 14.3. The van der Waals surface area contributed by atoms with Crippen LogP contribution in [0.15, 0.2) is 42.5 Å². The monoisotopic (exact) mass is 431 g/mol. The summed E-state index contributed by atoms with van der Waals surface area (Å²) in [4.78, 5) is 48.2. The van der Waals surface area contributed by atoms with Crippen LogP contribution < -0.4 is 10.2 Å². The molecule has 30 heavy (non-hydrogen) atoms. The van der Waals surface area contributed by atoms with Crippen LogP contribution in [0.2, 0.25) is 5.02 Å². The summed E-state index contributed by atoms with van der Waals surface area (Å²) in [5.41, 5.74) is 1.57. The Balaban J connectivity index is 1.54. The normalized spacial score (nSPS) is 15.7. The van der Waals surface area contributed by atoms with Crippen LogP contribution >= 0.6 is 11.6 Å². The molecule has 0 aromatic heterocycles. The summed E-state index contributed by atoms with van der Waals surface area (Å²) in [5, 5.41) is 13.9. The van der Waals surface area contributed by atoms with Crippen molar-refractivity contribution in [1.29, 1.82) is 0 Å². The summed E-state index contributed by atoms with van der Waals surface area (Å²) in [5.74, 6) is -2.21. The predicted octanol–water partition coefficient (Wildman–Crippen LogP) is 3.09. The molecule has 1 aliphatic rings. The standard InChI is InChI=1S/C20H18ClN3O6/c1-12-16(21)3-2-4-17(12)22-18(25)11-30-20(27)13-9-19(26)23(10-13)14-5-7-15(8-6-14)24(28)29/h2-8,13H,9-11H2,1H3,(H,22,25)/t13-/m1/s1. The van der Waals surface area contributed by atoms with Crippen LogP contribution in [0.4, 0.5) is 17.1 Å². The Morgan fingerprint density at radius 3 is 2.63 bits per heavy atom. The molecular formula is C20H18ClN3O6. The first kappa shape index (κ1) is 21.3. The highest BCUT2D eigenvalue weighted by Crippen LogP contribution is 2.27. The van der Waals surface area contributed by atoms with Crippen LogP contribution in [0.1, 0.15) is 12.0 Å². The molecule has 0 spiro atoms. The first-order valence-corrected chi connectivity index (χ1v) is 9.40. The molecule has 0 aliphatic carbocycles. The minimum atomic E-state index is -0.728. The summed E-state index contributed by atoms with van der Waals surface area (Å²) in [6, 6.07) is 10.5. The fraction of sp³-hybridized carbons (Fsp3) is 0.250. The van der Waals surface area contributed by atoms with Gasteiger partial charge in [0.25, 0.3) is 11.6 Å². The van der Waals surface area contributed by atoms with E-state index in [1.54, 1.807) is 25.1 Å². The molecule has 1 heterocycles. The second kappa shape index (κ2) is 8.91. The van der Waals surface area contributed by atoms with E-state index in [0.29, 0.717) is 22.0 Å². The Bertz CT molecular complexity index is 1010. The van der Waals surface area contributed by atoms with Crippen LogP contribution in [-0.2, 0) is 19.1 Å². The molecule has 9 nitrogen and oxygen atoms in total. The topological polar surface area (TPSA) is 119 Å². The summed E-state index contributed by atoms with van der Waals surface area (Å²) in [7, 11) is 0. The number of carbonyl (C=O) groups is 3. The third kappa shape index (κ3) is 4.74. The van der Waals surface area contributed by atoms with E-state index in [1.165, 1.54) is 29.2 Å². The van der Waals surface area contributed by atoms with Gasteiger partial charge in [0, 0.05) is 41.5 Å². The third-order valence-corrected chi connectivity index (χ3v) is 5.13. The number of nitro benzene ring substituents is 1. The molecule has 0 saturated carbocycles. The Labute approximate surface area is 176 Å². The van der Waals surface area contributed by atoms with Gasteiger partial charge in [0.15, 0.2) is 6.61 Å². The minimum absolute atomic E-state index is 0.0646. The third-order valence-electron chi connectivity index (χ3n) is 4.72. The van der Waals surface area contributed by atoms with Gasteiger partial charge in [-0.25, -0.2) is 0 Å². The Morgan fingerprint density at radius 2 is 1.97 bits per heavy atom. The Kier molecular flexibility index (Phi) is 6.31. The highest BCUT2D eigenvalue weighted by atomic mass is 35.5. The lowest BCUT2D eigenvalue weighted by molar-refractivity contribution is -0.384. The van der Waals surface area contributed by atoms with Gasteiger partial charge in [-0.1, -0.05) is 17.7 Å². The van der Waals surface area contributed by atoms with Crippen LogP contribution in [0.5, 0.6) is 0 Å². The van der Waals surface area contributed by atoms with Crippen molar-refractivity contribution in [3.63, 3.8) is 0 Å². The van der Waals surface area contributed by atoms with Crippen molar-refractivity contribution < 1.29 is 24.0 Å². The zero-order valence-corrected chi connectivity index (χ0v) is 16.7. The van der Waals surface area contributed by atoms with Gasteiger partial charge in [0.1, 0.15) is 0 Å². The van der Waals surface area contributed by atoms with E-state index in [4.69, 9.17) is 16.3 Å². The van der Waals surface area contributed by atoms with Crippen molar-refractivity contribution in [2.45, 2.75) is 13.3 Å². The maximum Gasteiger partial charge on any atom is 0.311 e. The number of nitro groups is 1. The van der Waals surface area contributed by atoms with Crippen molar-refractivity contribution in [3.8, 4) is 0 Å². The largest absolute Gasteiger partial charge is 0.455 e. The van der Waals surface area contributed by atoms with E-state index in [9.17, 15) is 24.5 Å². The number of anilines is 2. The van der Waals surface area contributed by atoms with Gasteiger partial charge in [-0.15, -0.1) is 0 Å². The molecular weight excluding hydrogens is 414 g/mol. The average Bonchev–Trinajstić information content (AvgIpc) is 3.11. The average molecular weight is 432 g/mol. The number of hydrogen-bond donors (Lipinski definition) is 1. The fourth-order valence-corrected chi connectivity index (χ4v) is 3.23. The molecule has 1 N–H and O–H groups in total. The molecule has 10 heteroatoms. The maximum absolute atomic E-state index is 12.3. The summed E-state index contributed by atoms with van der Waals surface area (Å²) in [6.45, 7) is 1.33. The van der Waals surface area contributed by atoms with E-state index in [-0.39, 0.29) is 24.6 Å². The predicted molar refractivity (Wildman–Crippen MR) is 109 cm³/mol. The second-order valence-corrected chi connectivity index (χ2v) is 7.15. The van der Waals surface area contributed by atoms with E-state index < -0.39 is 29.3 Å². The number of carbonyl (C=O) groups excluding carboxylic acids is 3. The van der Waals surface area contributed by atoms with Gasteiger partial charge in [0.05, 0.1) is 10.8 Å². The van der Waals surface area contributed by atoms with Crippen LogP contribution in [0.25, 0.3) is 0 Å². The number of nitrogens with zero attached hydrogens (tertiary/aromatic N) is 2. The summed E-state index contributed by atoms with van der Waals surface area (Å²) < 4.78 is 5.06. The van der Waals surface area contributed by atoms with Gasteiger partial charge >= 0.3 is 5.97 Å². The number of halogens is 1. The van der Waals surface area contributed by atoms with Gasteiger partial charge in [-0.2, -0.15) is 0 Å². The Morgan fingerprint density at radius 1 is 1.27 bits per heavy atom. The number of amides is 2. The lowest BCUT2D eigenvalue weighted by Gasteiger charge is -2.16. The summed E-state index contributed by atoms with van der Waals surface area (Å²) >= 11 is 6.01. The van der Waals surface area contributed by atoms with Crippen molar-refractivity contribution >= 4 is 46.4 Å². The second-order valence-electron chi connectivity index (χ2n) is 6.75. The zero-order valence-electron chi connectivity index (χ0n) is 16.0. The molecule has 1 fully saturated rings. The highest BCUT2D eigenvalue weighted by molar-refractivity contribution is 6.31.